The van der Waals surface area contributed by atoms with Gasteiger partial charge in [-0.2, -0.15) is 0 Å². The summed E-state index contributed by atoms with van der Waals surface area (Å²) >= 11 is 0. The molecule has 25 heavy (non-hydrogen) atoms. The Morgan fingerprint density at radius 3 is 1.32 bits per heavy atom. The van der Waals surface area contributed by atoms with Crippen LogP contribution >= 0.6 is 0 Å². The first kappa shape index (κ1) is 24.7. The minimum atomic E-state index is -0.573. The van der Waals surface area contributed by atoms with Crippen LogP contribution in [0.4, 0.5) is 0 Å². The Morgan fingerprint density at radius 2 is 1.00 bits per heavy atom. The number of aliphatic hydroxyl groups is 5. The highest BCUT2D eigenvalue weighted by Gasteiger charge is 2.25. The summed E-state index contributed by atoms with van der Waals surface area (Å²) in [6, 6.07) is 0. The second-order valence-corrected chi connectivity index (χ2v) is 7.34. The molecule has 0 aliphatic heterocycles. The van der Waals surface area contributed by atoms with Gasteiger partial charge >= 0.3 is 0 Å². The highest BCUT2D eigenvalue weighted by molar-refractivity contribution is 4.79. The second kappa shape index (κ2) is 12.9. The topological polar surface area (TPSA) is 120 Å². The third kappa shape index (κ3) is 13.5. The van der Waals surface area contributed by atoms with E-state index < -0.39 is 30.5 Å². The molecule has 6 atom stereocenters. The van der Waals surface area contributed by atoms with Crippen LogP contribution in [0.25, 0.3) is 0 Å². The van der Waals surface area contributed by atoms with Crippen molar-refractivity contribution in [2.45, 2.75) is 71.3 Å². The number of rotatable bonds is 14. The monoisotopic (exact) mass is 365 g/mol. The van der Waals surface area contributed by atoms with E-state index in [0.29, 0.717) is 39.3 Å². The van der Waals surface area contributed by atoms with Crippen LogP contribution in [-0.2, 0) is 0 Å². The molecule has 0 aromatic carbocycles. The zero-order valence-electron chi connectivity index (χ0n) is 16.3. The standard InChI is InChI=1S/C17H39N3O5/c1-12(21)6-18-17(20(9-15(4)24)10-16(5)25)11-19(7-13(2)22)8-14(3)23/h12-18,21-25H,6-11H2,1-5H3. The molecule has 0 aliphatic rings. The smallest absolute Gasteiger partial charge is 0.0731 e. The molecule has 0 saturated carbocycles. The van der Waals surface area contributed by atoms with Gasteiger partial charge in [0.25, 0.3) is 0 Å². The lowest BCUT2D eigenvalue weighted by Gasteiger charge is -2.38. The van der Waals surface area contributed by atoms with Crippen molar-refractivity contribution in [3.05, 3.63) is 0 Å². The van der Waals surface area contributed by atoms with Crippen LogP contribution in [0.5, 0.6) is 0 Å². The minimum Gasteiger partial charge on any atom is -0.392 e. The molecule has 6 N–H and O–H groups in total. The maximum absolute atomic E-state index is 9.79. The van der Waals surface area contributed by atoms with Gasteiger partial charge in [-0.05, 0) is 34.6 Å². The van der Waals surface area contributed by atoms with Crippen LogP contribution in [0.1, 0.15) is 34.6 Å². The molecule has 0 rings (SSSR count). The maximum atomic E-state index is 9.79. The van der Waals surface area contributed by atoms with Crippen LogP contribution in [0, 0.1) is 0 Å². The summed E-state index contributed by atoms with van der Waals surface area (Å²) in [5, 5.41) is 51.9. The average Bonchev–Trinajstić information content (AvgIpc) is 2.39. The van der Waals surface area contributed by atoms with Crippen LogP contribution in [0.2, 0.25) is 0 Å². The quantitative estimate of drug-likeness (QED) is 0.204. The first-order chi connectivity index (χ1) is 11.5. The molecule has 0 radical (unpaired) electrons. The predicted molar refractivity (Wildman–Crippen MR) is 98.2 cm³/mol. The molecule has 6 unspecified atom stereocenters. The molecule has 152 valence electrons. The Balaban J connectivity index is 5.21. The molecule has 0 bridgehead atoms. The van der Waals surface area contributed by atoms with Crippen molar-refractivity contribution in [2.24, 2.45) is 0 Å². The Morgan fingerprint density at radius 1 is 0.600 bits per heavy atom. The van der Waals surface area contributed by atoms with E-state index >= 15 is 0 Å². The first-order valence-electron chi connectivity index (χ1n) is 9.11. The fourth-order valence-corrected chi connectivity index (χ4v) is 2.84. The van der Waals surface area contributed by atoms with E-state index in [-0.39, 0.29) is 6.17 Å². The van der Waals surface area contributed by atoms with Crippen molar-refractivity contribution >= 4 is 0 Å². The largest absolute Gasteiger partial charge is 0.392 e. The molecule has 0 heterocycles. The highest BCUT2D eigenvalue weighted by Crippen LogP contribution is 2.06. The van der Waals surface area contributed by atoms with Gasteiger partial charge in [-0.1, -0.05) is 0 Å². The van der Waals surface area contributed by atoms with Crippen molar-refractivity contribution in [3.63, 3.8) is 0 Å². The molecule has 0 saturated heterocycles. The van der Waals surface area contributed by atoms with E-state index in [1.54, 1.807) is 34.6 Å². The SMILES string of the molecule is CC(O)CNC(CN(CC(C)O)CC(C)O)N(CC(C)O)CC(C)O. The molecule has 0 aromatic rings. The molecule has 8 heteroatoms. The first-order valence-corrected chi connectivity index (χ1v) is 9.11. The van der Waals surface area contributed by atoms with E-state index in [2.05, 4.69) is 5.32 Å². The van der Waals surface area contributed by atoms with Gasteiger partial charge in [0.05, 0.1) is 36.7 Å². The summed E-state index contributed by atoms with van der Waals surface area (Å²) in [4.78, 5) is 3.86. The van der Waals surface area contributed by atoms with Crippen molar-refractivity contribution in [3.8, 4) is 0 Å². The molecule has 0 spiro atoms. The molecule has 8 nitrogen and oxygen atoms in total. The summed E-state index contributed by atoms with van der Waals surface area (Å²) in [5.41, 5.74) is 0. The lowest BCUT2D eigenvalue weighted by atomic mass is 10.2. The van der Waals surface area contributed by atoms with Crippen molar-refractivity contribution in [1.29, 1.82) is 0 Å². The third-order valence-electron chi connectivity index (χ3n) is 3.56. The lowest BCUT2D eigenvalue weighted by Crippen LogP contribution is -2.57. The van der Waals surface area contributed by atoms with E-state index in [0.717, 1.165) is 0 Å². The Bertz CT molecular complexity index is 307. The minimum absolute atomic E-state index is 0.253. The second-order valence-electron chi connectivity index (χ2n) is 7.34. The van der Waals surface area contributed by atoms with Crippen molar-refractivity contribution in [1.82, 2.24) is 15.1 Å². The number of aliphatic hydroxyl groups excluding tert-OH is 5. The van der Waals surface area contributed by atoms with Gasteiger partial charge in [-0.3, -0.25) is 15.1 Å². The zero-order valence-corrected chi connectivity index (χ0v) is 16.3. The van der Waals surface area contributed by atoms with Gasteiger partial charge in [0.15, 0.2) is 0 Å². The Kier molecular flexibility index (Phi) is 12.8. The van der Waals surface area contributed by atoms with Gasteiger partial charge in [-0.25, -0.2) is 0 Å². The fourth-order valence-electron chi connectivity index (χ4n) is 2.84. The van der Waals surface area contributed by atoms with E-state index in [4.69, 9.17) is 0 Å². The van der Waals surface area contributed by atoms with Crippen molar-refractivity contribution < 1.29 is 25.5 Å². The van der Waals surface area contributed by atoms with Gasteiger partial charge in [0.2, 0.25) is 0 Å². The average molecular weight is 366 g/mol. The van der Waals surface area contributed by atoms with Gasteiger partial charge in [-0.15, -0.1) is 0 Å². The highest BCUT2D eigenvalue weighted by atomic mass is 16.3. The zero-order chi connectivity index (χ0) is 19.6. The number of hydrogen-bond donors (Lipinski definition) is 6. The van der Waals surface area contributed by atoms with Gasteiger partial charge in [0.1, 0.15) is 0 Å². The summed E-state index contributed by atoms with van der Waals surface area (Å²) in [5.74, 6) is 0. The summed E-state index contributed by atoms with van der Waals surface area (Å²) in [6.45, 7) is 10.8. The van der Waals surface area contributed by atoms with E-state index in [9.17, 15) is 25.5 Å². The normalized spacial score (nSPS) is 19.7. The number of nitrogens with zero attached hydrogens (tertiary/aromatic N) is 2. The molecule has 0 aromatic heterocycles. The fraction of sp³-hybridized carbons (Fsp3) is 1.00. The van der Waals surface area contributed by atoms with E-state index in [1.807, 2.05) is 9.80 Å². The van der Waals surface area contributed by atoms with Crippen molar-refractivity contribution in [2.75, 3.05) is 39.3 Å². The van der Waals surface area contributed by atoms with Crippen LogP contribution in [-0.4, -0.2) is 111 Å². The van der Waals surface area contributed by atoms with Crippen LogP contribution in [0.15, 0.2) is 0 Å². The number of hydrogen-bond acceptors (Lipinski definition) is 8. The summed E-state index contributed by atoms with van der Waals surface area (Å²) in [6.07, 6.45) is -3.02. The number of nitrogens with one attached hydrogen (secondary N) is 1. The third-order valence-corrected chi connectivity index (χ3v) is 3.56. The Hall–Kier alpha value is -0.320. The summed E-state index contributed by atoms with van der Waals surface area (Å²) < 4.78 is 0. The predicted octanol–water partition coefficient (Wildman–Crippen LogP) is -1.59. The molecule has 0 amide bonds. The lowest BCUT2D eigenvalue weighted by molar-refractivity contribution is 0.0125. The molecule has 0 aliphatic carbocycles. The molecular weight excluding hydrogens is 326 g/mol. The van der Waals surface area contributed by atoms with Crippen LogP contribution in [0.3, 0.4) is 0 Å². The van der Waals surface area contributed by atoms with Crippen LogP contribution < -0.4 is 5.32 Å². The van der Waals surface area contributed by atoms with E-state index in [1.165, 1.54) is 0 Å². The molecular formula is C17H39N3O5. The summed E-state index contributed by atoms with van der Waals surface area (Å²) in [7, 11) is 0. The van der Waals surface area contributed by atoms with Gasteiger partial charge < -0.3 is 25.5 Å². The Labute approximate surface area is 152 Å². The van der Waals surface area contributed by atoms with Gasteiger partial charge in [0, 0.05) is 39.3 Å². The molecule has 0 fully saturated rings. The maximum Gasteiger partial charge on any atom is 0.0731 e.